The van der Waals surface area contributed by atoms with Crippen LogP contribution in [0.25, 0.3) is 0 Å². The number of likely N-dealkylation sites (N-methyl/N-ethyl adjacent to an activating group) is 1. The highest BCUT2D eigenvalue weighted by atomic mass is 19.4. The highest BCUT2D eigenvalue weighted by Gasteiger charge is 2.50. The van der Waals surface area contributed by atoms with Crippen LogP contribution in [0.4, 0.5) is 13.2 Å². The van der Waals surface area contributed by atoms with E-state index in [4.69, 9.17) is 9.90 Å². The fraction of sp³-hybridized carbons (Fsp3) is 0.619. The monoisotopic (exact) mass is 458 g/mol. The van der Waals surface area contributed by atoms with Crippen LogP contribution in [0.5, 0.6) is 0 Å². The van der Waals surface area contributed by atoms with Crippen molar-refractivity contribution in [3.05, 3.63) is 30.1 Å². The molecule has 2 saturated heterocycles. The van der Waals surface area contributed by atoms with Gasteiger partial charge < -0.3 is 14.9 Å². The van der Waals surface area contributed by atoms with Crippen molar-refractivity contribution in [3.8, 4) is 0 Å². The second-order valence-corrected chi connectivity index (χ2v) is 8.43. The Morgan fingerprint density at radius 3 is 2.25 bits per heavy atom. The molecule has 3 rings (SSSR count). The number of piperazine rings is 1. The van der Waals surface area contributed by atoms with E-state index < -0.39 is 17.7 Å². The van der Waals surface area contributed by atoms with Gasteiger partial charge in [-0.15, -0.1) is 0 Å². The molecule has 0 atom stereocenters. The van der Waals surface area contributed by atoms with Crippen LogP contribution in [0.2, 0.25) is 0 Å². The second kappa shape index (κ2) is 10.3. The molecule has 0 saturated carbocycles. The maximum absolute atomic E-state index is 13.0. The predicted molar refractivity (Wildman–Crippen MR) is 110 cm³/mol. The molecular formula is C21H29F3N4O4. The first-order valence-electron chi connectivity index (χ1n) is 10.4. The molecule has 0 radical (unpaired) electrons. The van der Waals surface area contributed by atoms with Gasteiger partial charge in [-0.3, -0.25) is 19.5 Å². The molecule has 2 fully saturated rings. The summed E-state index contributed by atoms with van der Waals surface area (Å²) in [6.45, 7) is 8.23. The lowest BCUT2D eigenvalue weighted by Crippen LogP contribution is -2.68. The van der Waals surface area contributed by atoms with Crippen LogP contribution in [0.15, 0.2) is 24.5 Å². The molecule has 8 nitrogen and oxygen atoms in total. The fourth-order valence-corrected chi connectivity index (χ4v) is 4.07. The predicted octanol–water partition coefficient (Wildman–Crippen LogP) is 2.12. The van der Waals surface area contributed by atoms with Gasteiger partial charge >= 0.3 is 12.1 Å². The lowest BCUT2D eigenvalue weighted by Gasteiger charge is -2.52. The fourth-order valence-electron chi connectivity index (χ4n) is 4.07. The Balaban J connectivity index is 0.000000451. The highest BCUT2D eigenvalue weighted by Crippen LogP contribution is 2.34. The molecule has 2 aliphatic rings. The quantitative estimate of drug-likeness (QED) is 0.746. The minimum Gasteiger partial charge on any atom is -0.475 e. The van der Waals surface area contributed by atoms with Gasteiger partial charge in [-0.05, 0) is 30.9 Å². The van der Waals surface area contributed by atoms with Crippen molar-refractivity contribution in [2.75, 3.05) is 39.8 Å². The number of pyridine rings is 1. The summed E-state index contributed by atoms with van der Waals surface area (Å²) in [4.78, 5) is 44.7. The molecule has 1 spiro atoms. The van der Waals surface area contributed by atoms with Gasteiger partial charge in [0.25, 0.3) is 5.91 Å². The minimum atomic E-state index is -5.08. The number of aliphatic carboxylic acids is 1. The molecule has 11 heteroatoms. The lowest BCUT2D eigenvalue weighted by molar-refractivity contribution is -0.192. The molecule has 0 aliphatic carbocycles. The van der Waals surface area contributed by atoms with Crippen LogP contribution in [-0.4, -0.2) is 94.1 Å². The van der Waals surface area contributed by atoms with E-state index in [1.807, 2.05) is 16.8 Å². The van der Waals surface area contributed by atoms with E-state index in [-0.39, 0.29) is 11.8 Å². The maximum atomic E-state index is 13.0. The summed E-state index contributed by atoms with van der Waals surface area (Å²) in [5, 5.41) is 7.12. The summed E-state index contributed by atoms with van der Waals surface area (Å²) in [5.74, 6) is -2.02. The molecule has 1 N–H and O–H groups in total. The number of carbonyl (C=O) groups excluding carboxylic acids is 2. The molecule has 0 bridgehead atoms. The van der Waals surface area contributed by atoms with Gasteiger partial charge in [0.15, 0.2) is 0 Å². The van der Waals surface area contributed by atoms with Gasteiger partial charge in [-0.25, -0.2) is 4.79 Å². The van der Waals surface area contributed by atoms with Gasteiger partial charge in [-0.1, -0.05) is 13.8 Å². The minimum absolute atomic E-state index is 0.00923. The molecule has 2 aliphatic heterocycles. The second-order valence-electron chi connectivity index (χ2n) is 8.43. The number of alkyl halides is 3. The van der Waals surface area contributed by atoms with Gasteiger partial charge in [-0.2, -0.15) is 13.2 Å². The molecule has 3 heterocycles. The number of aromatic nitrogens is 1. The molecule has 0 aromatic carbocycles. The van der Waals surface area contributed by atoms with Crippen molar-refractivity contribution in [2.24, 2.45) is 5.92 Å². The van der Waals surface area contributed by atoms with E-state index in [0.717, 1.165) is 19.6 Å². The van der Waals surface area contributed by atoms with E-state index in [2.05, 4.69) is 23.7 Å². The average Bonchev–Trinajstić information content (AvgIpc) is 2.74. The van der Waals surface area contributed by atoms with Crippen molar-refractivity contribution in [3.63, 3.8) is 0 Å². The molecule has 178 valence electrons. The number of piperidine rings is 1. The maximum Gasteiger partial charge on any atom is 0.490 e. The Labute approximate surface area is 185 Å². The third kappa shape index (κ3) is 5.96. The number of nitrogens with zero attached hydrogens (tertiary/aromatic N) is 4. The number of carbonyl (C=O) groups is 3. The van der Waals surface area contributed by atoms with E-state index in [0.29, 0.717) is 37.4 Å². The van der Waals surface area contributed by atoms with Crippen LogP contribution in [-0.2, 0) is 9.59 Å². The first kappa shape index (κ1) is 25.6. The molecule has 2 amide bonds. The van der Waals surface area contributed by atoms with Crippen LogP contribution in [0.1, 0.15) is 37.0 Å². The number of hydrogen-bond donors (Lipinski definition) is 1. The SMILES string of the molecule is CC(C)CN1CCN(C)C(=O)C12CCN(C(=O)c1cccnc1)CC2.O=C(O)C(F)(F)F. The molecule has 32 heavy (non-hydrogen) atoms. The molecule has 0 unspecified atom stereocenters. The van der Waals surface area contributed by atoms with Crippen molar-refractivity contribution >= 4 is 17.8 Å². The van der Waals surface area contributed by atoms with E-state index in [1.54, 1.807) is 24.5 Å². The van der Waals surface area contributed by atoms with Crippen LogP contribution in [0.3, 0.4) is 0 Å². The normalized spacial score (nSPS) is 19.0. The van der Waals surface area contributed by atoms with E-state index >= 15 is 0 Å². The number of carboxylic acids is 1. The zero-order valence-corrected chi connectivity index (χ0v) is 18.4. The van der Waals surface area contributed by atoms with Gasteiger partial charge in [0, 0.05) is 52.2 Å². The summed E-state index contributed by atoms with van der Waals surface area (Å²) in [6.07, 6.45) is -0.399. The Bertz CT molecular complexity index is 809. The number of rotatable bonds is 3. The van der Waals surface area contributed by atoms with Gasteiger partial charge in [0.1, 0.15) is 5.54 Å². The Morgan fingerprint density at radius 1 is 1.19 bits per heavy atom. The van der Waals surface area contributed by atoms with Crippen LogP contribution < -0.4 is 0 Å². The molecule has 1 aromatic rings. The molecule has 1 aromatic heterocycles. The number of hydrogen-bond acceptors (Lipinski definition) is 5. The first-order chi connectivity index (χ1) is 14.9. The topological polar surface area (TPSA) is 94.0 Å². The zero-order valence-electron chi connectivity index (χ0n) is 18.4. The van der Waals surface area contributed by atoms with Crippen molar-refractivity contribution in [1.82, 2.24) is 19.7 Å². The third-order valence-corrected chi connectivity index (χ3v) is 5.67. The Hall–Kier alpha value is -2.69. The third-order valence-electron chi connectivity index (χ3n) is 5.67. The summed E-state index contributed by atoms with van der Waals surface area (Å²) in [6, 6.07) is 3.58. The number of halogens is 3. The Morgan fingerprint density at radius 2 is 1.78 bits per heavy atom. The highest BCUT2D eigenvalue weighted by molar-refractivity contribution is 5.94. The van der Waals surface area contributed by atoms with E-state index in [9.17, 15) is 22.8 Å². The van der Waals surface area contributed by atoms with E-state index in [1.165, 1.54) is 0 Å². The number of carboxylic acid groups (broad SMARTS) is 1. The summed E-state index contributed by atoms with van der Waals surface area (Å²) < 4.78 is 31.7. The number of likely N-dealkylation sites (tertiary alicyclic amines) is 1. The van der Waals surface area contributed by atoms with Crippen LogP contribution in [0, 0.1) is 5.92 Å². The van der Waals surface area contributed by atoms with Crippen LogP contribution >= 0.6 is 0 Å². The smallest absolute Gasteiger partial charge is 0.475 e. The first-order valence-corrected chi connectivity index (χ1v) is 10.4. The summed E-state index contributed by atoms with van der Waals surface area (Å²) in [5.41, 5.74) is 0.174. The largest absolute Gasteiger partial charge is 0.490 e. The summed E-state index contributed by atoms with van der Waals surface area (Å²) >= 11 is 0. The standard InChI is InChI=1S/C19H28N4O2.C2HF3O2/c1-15(2)14-23-12-11-21(3)18(25)19(23)6-9-22(10-7-19)17(24)16-5-4-8-20-13-16;3-2(4,5)1(6)7/h4-5,8,13,15H,6-7,9-12,14H2,1-3H3;(H,6,7). The lowest BCUT2D eigenvalue weighted by atomic mass is 9.81. The molecular weight excluding hydrogens is 429 g/mol. The zero-order chi connectivity index (χ0) is 24.1. The Kier molecular flexibility index (Phi) is 8.22. The van der Waals surface area contributed by atoms with Gasteiger partial charge in [0.2, 0.25) is 5.91 Å². The summed E-state index contributed by atoms with van der Waals surface area (Å²) in [7, 11) is 1.89. The van der Waals surface area contributed by atoms with Crippen molar-refractivity contribution in [2.45, 2.75) is 38.4 Å². The van der Waals surface area contributed by atoms with Crippen molar-refractivity contribution in [1.29, 1.82) is 0 Å². The van der Waals surface area contributed by atoms with Gasteiger partial charge in [0.05, 0.1) is 5.56 Å². The average molecular weight is 458 g/mol. The number of amides is 2. The van der Waals surface area contributed by atoms with Crippen molar-refractivity contribution < 1.29 is 32.7 Å².